The summed E-state index contributed by atoms with van der Waals surface area (Å²) < 4.78 is 10.9. The molecule has 2 rings (SSSR count). The molecule has 0 aliphatic rings. The molecule has 0 unspecified atom stereocenters. The first-order valence-corrected chi connectivity index (χ1v) is 6.15. The van der Waals surface area contributed by atoms with E-state index in [-0.39, 0.29) is 11.3 Å². The fourth-order valence-electron chi connectivity index (χ4n) is 1.88. The van der Waals surface area contributed by atoms with Gasteiger partial charge in [-0.05, 0) is 36.8 Å². The molecule has 1 N–H and O–H groups in total. The summed E-state index contributed by atoms with van der Waals surface area (Å²) in [6, 6.07) is 11.6. The van der Waals surface area contributed by atoms with Crippen LogP contribution in [0.25, 0.3) is 0 Å². The molecule has 0 fully saturated rings. The Bertz CT molecular complexity index is 732. The number of benzene rings is 2. The van der Waals surface area contributed by atoms with E-state index in [4.69, 9.17) is 19.8 Å². The monoisotopic (exact) mass is 283 g/mol. The maximum atomic E-state index is 11.0. The predicted molar refractivity (Wildman–Crippen MR) is 75.9 cm³/mol. The van der Waals surface area contributed by atoms with E-state index in [0.29, 0.717) is 17.1 Å². The van der Waals surface area contributed by atoms with Crippen molar-refractivity contribution in [1.82, 2.24) is 0 Å². The summed E-state index contributed by atoms with van der Waals surface area (Å²) in [5.74, 6) is -0.0241. The van der Waals surface area contributed by atoms with Crippen LogP contribution in [0.4, 0.5) is 0 Å². The summed E-state index contributed by atoms with van der Waals surface area (Å²) in [5.41, 5.74) is 1.23. The summed E-state index contributed by atoms with van der Waals surface area (Å²) >= 11 is 0. The third kappa shape index (κ3) is 2.95. The number of carboxylic acid groups (broad SMARTS) is 1. The molecule has 21 heavy (non-hydrogen) atoms. The number of ether oxygens (including phenoxy) is 2. The Morgan fingerprint density at radius 1 is 1.24 bits per heavy atom. The molecule has 0 aromatic heterocycles. The standard InChI is InChI=1S/C16H13NO4/c1-10-4-3-5-12(9-17)15(10)21-14-8-11(16(18)19)6-7-13(14)20-2/h3-8H,1-2H3,(H,18,19). The van der Waals surface area contributed by atoms with E-state index in [1.54, 1.807) is 12.1 Å². The number of rotatable bonds is 4. The van der Waals surface area contributed by atoms with Gasteiger partial charge >= 0.3 is 5.97 Å². The van der Waals surface area contributed by atoms with Gasteiger partial charge in [0.1, 0.15) is 11.8 Å². The SMILES string of the molecule is COc1ccc(C(=O)O)cc1Oc1c(C)cccc1C#N. The highest BCUT2D eigenvalue weighted by molar-refractivity contribution is 5.88. The first-order valence-electron chi connectivity index (χ1n) is 6.15. The molecule has 0 radical (unpaired) electrons. The Morgan fingerprint density at radius 3 is 2.62 bits per heavy atom. The van der Waals surface area contributed by atoms with Gasteiger partial charge in [0.2, 0.25) is 0 Å². The van der Waals surface area contributed by atoms with E-state index in [1.807, 2.05) is 19.1 Å². The molecule has 0 saturated heterocycles. The number of carbonyl (C=O) groups is 1. The van der Waals surface area contributed by atoms with Crippen molar-refractivity contribution < 1.29 is 19.4 Å². The molecule has 0 heterocycles. The minimum Gasteiger partial charge on any atom is -0.493 e. The number of hydrogen-bond donors (Lipinski definition) is 1. The fraction of sp³-hybridized carbons (Fsp3) is 0.125. The minimum absolute atomic E-state index is 0.0814. The van der Waals surface area contributed by atoms with Gasteiger partial charge in [0.05, 0.1) is 18.2 Å². The largest absolute Gasteiger partial charge is 0.493 e. The van der Waals surface area contributed by atoms with E-state index in [2.05, 4.69) is 0 Å². The zero-order valence-corrected chi connectivity index (χ0v) is 11.6. The zero-order chi connectivity index (χ0) is 15.4. The highest BCUT2D eigenvalue weighted by Crippen LogP contribution is 2.35. The lowest BCUT2D eigenvalue weighted by atomic mass is 10.1. The Labute approximate surface area is 122 Å². The molecule has 0 aliphatic carbocycles. The quantitative estimate of drug-likeness (QED) is 0.930. The third-order valence-corrected chi connectivity index (χ3v) is 2.95. The fourth-order valence-corrected chi connectivity index (χ4v) is 1.88. The molecule has 0 amide bonds. The zero-order valence-electron chi connectivity index (χ0n) is 11.6. The molecule has 0 atom stereocenters. The maximum Gasteiger partial charge on any atom is 0.335 e. The Balaban J connectivity index is 2.51. The molecule has 5 nitrogen and oxygen atoms in total. The number of carboxylic acids is 1. The molecule has 2 aromatic carbocycles. The second kappa shape index (κ2) is 5.97. The lowest BCUT2D eigenvalue weighted by Gasteiger charge is -2.13. The molecule has 0 spiro atoms. The molecule has 0 aliphatic heterocycles. The number of nitrogens with zero attached hydrogens (tertiary/aromatic N) is 1. The molecule has 5 heteroatoms. The Kier molecular flexibility index (Phi) is 4.10. The van der Waals surface area contributed by atoms with E-state index in [1.165, 1.54) is 25.3 Å². The summed E-state index contributed by atoms with van der Waals surface area (Å²) in [6.45, 7) is 1.81. The van der Waals surface area contributed by atoms with Crippen LogP contribution < -0.4 is 9.47 Å². The van der Waals surface area contributed by atoms with Gasteiger partial charge in [-0.25, -0.2) is 4.79 Å². The van der Waals surface area contributed by atoms with Crippen molar-refractivity contribution in [3.05, 3.63) is 53.1 Å². The smallest absolute Gasteiger partial charge is 0.335 e. The Hall–Kier alpha value is -3.00. The lowest BCUT2D eigenvalue weighted by Crippen LogP contribution is -1.99. The topological polar surface area (TPSA) is 79.6 Å². The molecule has 106 valence electrons. The van der Waals surface area contributed by atoms with Crippen LogP contribution in [0.3, 0.4) is 0 Å². The van der Waals surface area contributed by atoms with Gasteiger partial charge in [-0.15, -0.1) is 0 Å². The number of aryl methyl sites for hydroxylation is 1. The minimum atomic E-state index is -1.06. The van der Waals surface area contributed by atoms with Crippen molar-refractivity contribution in [1.29, 1.82) is 5.26 Å². The van der Waals surface area contributed by atoms with Gasteiger partial charge < -0.3 is 14.6 Å². The van der Waals surface area contributed by atoms with Gasteiger partial charge in [0, 0.05) is 0 Å². The van der Waals surface area contributed by atoms with E-state index in [0.717, 1.165) is 5.56 Å². The average molecular weight is 283 g/mol. The van der Waals surface area contributed by atoms with Crippen LogP contribution in [0.5, 0.6) is 17.2 Å². The van der Waals surface area contributed by atoms with Crippen molar-refractivity contribution >= 4 is 5.97 Å². The van der Waals surface area contributed by atoms with Gasteiger partial charge in [-0.3, -0.25) is 0 Å². The van der Waals surface area contributed by atoms with Crippen LogP contribution in [-0.4, -0.2) is 18.2 Å². The first-order chi connectivity index (χ1) is 10.1. The number of methoxy groups -OCH3 is 1. The van der Waals surface area contributed by atoms with Crippen LogP contribution >= 0.6 is 0 Å². The van der Waals surface area contributed by atoms with Gasteiger partial charge in [-0.1, -0.05) is 12.1 Å². The summed E-state index contributed by atoms with van der Waals surface area (Å²) in [6.07, 6.45) is 0. The second-order valence-corrected chi connectivity index (χ2v) is 4.34. The highest BCUT2D eigenvalue weighted by atomic mass is 16.5. The molecular weight excluding hydrogens is 270 g/mol. The van der Waals surface area contributed by atoms with Crippen molar-refractivity contribution in [3.8, 4) is 23.3 Å². The predicted octanol–water partition coefficient (Wildman–Crippen LogP) is 3.37. The number of aromatic carboxylic acids is 1. The van der Waals surface area contributed by atoms with Crippen LogP contribution in [0.15, 0.2) is 36.4 Å². The first kappa shape index (κ1) is 14.4. The van der Waals surface area contributed by atoms with Crippen molar-refractivity contribution in [2.24, 2.45) is 0 Å². The molecule has 2 aromatic rings. The van der Waals surface area contributed by atoms with Gasteiger partial charge in [0.25, 0.3) is 0 Å². The maximum absolute atomic E-state index is 11.0. The summed E-state index contributed by atoms with van der Waals surface area (Å²) in [7, 11) is 1.46. The van der Waals surface area contributed by atoms with Gasteiger partial charge in [-0.2, -0.15) is 5.26 Å². The average Bonchev–Trinajstić information content (AvgIpc) is 2.49. The van der Waals surface area contributed by atoms with E-state index in [9.17, 15) is 4.79 Å². The number of hydrogen-bond acceptors (Lipinski definition) is 4. The van der Waals surface area contributed by atoms with Crippen LogP contribution in [0.1, 0.15) is 21.5 Å². The third-order valence-electron chi connectivity index (χ3n) is 2.95. The second-order valence-electron chi connectivity index (χ2n) is 4.34. The lowest BCUT2D eigenvalue weighted by molar-refractivity contribution is 0.0696. The van der Waals surface area contributed by atoms with Crippen molar-refractivity contribution in [2.45, 2.75) is 6.92 Å². The van der Waals surface area contributed by atoms with Gasteiger partial charge in [0.15, 0.2) is 11.5 Å². The van der Waals surface area contributed by atoms with E-state index < -0.39 is 5.97 Å². The van der Waals surface area contributed by atoms with E-state index >= 15 is 0 Å². The molecule has 0 bridgehead atoms. The van der Waals surface area contributed by atoms with Crippen LogP contribution in [0, 0.1) is 18.3 Å². The molecular formula is C16H13NO4. The normalized spacial score (nSPS) is 9.76. The molecule has 0 saturated carbocycles. The number of para-hydroxylation sites is 1. The van der Waals surface area contributed by atoms with Crippen molar-refractivity contribution in [2.75, 3.05) is 7.11 Å². The van der Waals surface area contributed by atoms with Crippen molar-refractivity contribution in [3.63, 3.8) is 0 Å². The van der Waals surface area contributed by atoms with Crippen LogP contribution in [0.2, 0.25) is 0 Å². The summed E-state index contributed by atoms with van der Waals surface area (Å²) in [5, 5.41) is 18.2. The summed E-state index contributed by atoms with van der Waals surface area (Å²) in [4.78, 5) is 11.0. The van der Waals surface area contributed by atoms with Crippen LogP contribution in [-0.2, 0) is 0 Å². The number of nitriles is 1. The highest BCUT2D eigenvalue weighted by Gasteiger charge is 2.14. The Morgan fingerprint density at radius 2 is 2.00 bits per heavy atom.